The van der Waals surface area contributed by atoms with Gasteiger partial charge < -0.3 is 14.6 Å². The fourth-order valence-electron chi connectivity index (χ4n) is 1.82. The molecule has 4 nitrogen and oxygen atoms in total. The summed E-state index contributed by atoms with van der Waals surface area (Å²) in [6.45, 7) is 3.76. The normalized spacial score (nSPS) is 14.9. The van der Waals surface area contributed by atoms with Gasteiger partial charge in [0.15, 0.2) is 6.29 Å². The first-order valence-electron chi connectivity index (χ1n) is 5.75. The molecule has 4 heteroatoms. The Bertz CT molecular complexity index is 331. The number of nitrogens with zero attached hydrogens (tertiary/aromatic N) is 1. The maximum Gasteiger partial charge on any atom is 0.185 e. The van der Waals surface area contributed by atoms with Gasteiger partial charge in [-0.2, -0.15) is 0 Å². The minimum atomic E-state index is -1.09. The first-order valence-corrected chi connectivity index (χ1v) is 5.75. The molecule has 0 bridgehead atoms. The van der Waals surface area contributed by atoms with Crippen LogP contribution in [0.4, 0.5) is 0 Å². The average molecular weight is 239 g/mol. The van der Waals surface area contributed by atoms with Crippen LogP contribution >= 0.6 is 0 Å². The number of ether oxygens (including phenoxy) is 2. The van der Waals surface area contributed by atoms with Crippen molar-refractivity contribution in [1.82, 2.24) is 4.98 Å². The van der Waals surface area contributed by atoms with E-state index in [1.165, 1.54) is 19.8 Å². The van der Waals surface area contributed by atoms with E-state index in [2.05, 4.69) is 11.9 Å². The second kappa shape index (κ2) is 6.10. The topological polar surface area (TPSA) is 51.6 Å². The molecular formula is C13H21NO3. The summed E-state index contributed by atoms with van der Waals surface area (Å²) < 4.78 is 10.2. The molecule has 0 saturated heterocycles. The molecule has 0 aliphatic heterocycles. The van der Waals surface area contributed by atoms with Gasteiger partial charge in [-0.3, -0.25) is 4.98 Å². The highest BCUT2D eigenvalue weighted by Gasteiger charge is 2.32. The minimum absolute atomic E-state index is 0.392. The van der Waals surface area contributed by atoms with E-state index in [0.29, 0.717) is 6.42 Å². The third-order valence-corrected chi connectivity index (χ3v) is 2.77. The van der Waals surface area contributed by atoms with Crippen molar-refractivity contribution in [1.29, 1.82) is 0 Å². The van der Waals surface area contributed by atoms with Crippen LogP contribution < -0.4 is 0 Å². The van der Waals surface area contributed by atoms with Crippen molar-refractivity contribution in [2.45, 2.75) is 38.6 Å². The average Bonchev–Trinajstić information content (AvgIpc) is 2.30. The number of aliphatic hydroxyl groups is 1. The van der Waals surface area contributed by atoms with E-state index < -0.39 is 11.9 Å². The van der Waals surface area contributed by atoms with Crippen molar-refractivity contribution in [2.24, 2.45) is 0 Å². The van der Waals surface area contributed by atoms with Crippen LogP contribution in [-0.2, 0) is 22.3 Å². The van der Waals surface area contributed by atoms with Crippen LogP contribution in [0, 0.1) is 0 Å². The smallest absolute Gasteiger partial charge is 0.185 e. The molecule has 1 atom stereocenters. The van der Waals surface area contributed by atoms with Crippen molar-refractivity contribution in [3.05, 3.63) is 29.6 Å². The van der Waals surface area contributed by atoms with Gasteiger partial charge >= 0.3 is 0 Å². The first-order chi connectivity index (χ1) is 8.03. The van der Waals surface area contributed by atoms with Crippen molar-refractivity contribution in [2.75, 3.05) is 14.2 Å². The van der Waals surface area contributed by atoms with Gasteiger partial charge in [-0.25, -0.2) is 0 Å². The maximum absolute atomic E-state index is 10.3. The fraction of sp³-hybridized carbons (Fsp3) is 0.615. The molecule has 1 unspecified atom stereocenters. The molecule has 0 aromatic carbocycles. The molecule has 0 amide bonds. The zero-order valence-corrected chi connectivity index (χ0v) is 10.9. The highest BCUT2D eigenvalue weighted by atomic mass is 16.7. The lowest BCUT2D eigenvalue weighted by atomic mass is 9.98. The Hall–Kier alpha value is -0.970. The number of aromatic nitrogens is 1. The van der Waals surface area contributed by atoms with Gasteiger partial charge in [0.05, 0.1) is 0 Å². The van der Waals surface area contributed by atoms with Crippen LogP contribution in [-0.4, -0.2) is 36.2 Å². The van der Waals surface area contributed by atoms with Gasteiger partial charge in [0, 0.05) is 32.5 Å². The number of rotatable bonds is 6. The summed E-state index contributed by atoms with van der Waals surface area (Å²) in [4.78, 5) is 4.31. The third-order valence-electron chi connectivity index (χ3n) is 2.77. The predicted octanol–water partition coefficient (Wildman–Crippen LogP) is 1.56. The summed E-state index contributed by atoms with van der Waals surface area (Å²) in [7, 11) is 3.02. The molecule has 0 radical (unpaired) electrons. The number of hydrogen-bond acceptors (Lipinski definition) is 4. The Balaban J connectivity index is 2.74. The zero-order chi connectivity index (χ0) is 12.9. The van der Waals surface area contributed by atoms with E-state index in [4.69, 9.17) is 9.47 Å². The van der Waals surface area contributed by atoms with Crippen molar-refractivity contribution >= 4 is 0 Å². The minimum Gasteiger partial charge on any atom is -0.384 e. The Labute approximate surface area is 103 Å². The molecule has 1 rings (SSSR count). The molecule has 1 heterocycles. The van der Waals surface area contributed by atoms with Gasteiger partial charge in [-0.15, -0.1) is 0 Å². The highest BCUT2D eigenvalue weighted by Crippen LogP contribution is 2.19. The molecule has 0 spiro atoms. The van der Waals surface area contributed by atoms with E-state index in [1.54, 1.807) is 6.92 Å². The standard InChI is InChI=1S/C13H21NO3/c1-5-10-6-7-11(14-9-10)8-13(2,15)12(16-3)17-4/h6-7,9,12,15H,5,8H2,1-4H3. The maximum atomic E-state index is 10.3. The van der Waals surface area contributed by atoms with Crippen LogP contribution in [0.3, 0.4) is 0 Å². The number of methoxy groups -OCH3 is 2. The summed E-state index contributed by atoms with van der Waals surface area (Å²) in [5.41, 5.74) is 0.916. The molecule has 0 aliphatic carbocycles. The van der Waals surface area contributed by atoms with E-state index >= 15 is 0 Å². The number of pyridine rings is 1. The molecule has 1 aromatic rings. The first kappa shape index (κ1) is 14.1. The number of aryl methyl sites for hydroxylation is 1. The summed E-state index contributed by atoms with van der Waals surface area (Å²) in [5.74, 6) is 0. The molecule has 0 aliphatic rings. The largest absolute Gasteiger partial charge is 0.384 e. The van der Waals surface area contributed by atoms with Crippen LogP contribution in [0.5, 0.6) is 0 Å². The predicted molar refractivity (Wildman–Crippen MR) is 65.7 cm³/mol. The van der Waals surface area contributed by atoms with Crippen LogP contribution in [0.1, 0.15) is 25.1 Å². The monoisotopic (exact) mass is 239 g/mol. The molecular weight excluding hydrogens is 218 g/mol. The van der Waals surface area contributed by atoms with Gasteiger partial charge in [0.1, 0.15) is 5.60 Å². The van der Waals surface area contributed by atoms with Gasteiger partial charge in [0.25, 0.3) is 0 Å². The number of hydrogen-bond donors (Lipinski definition) is 1. The third kappa shape index (κ3) is 3.77. The summed E-state index contributed by atoms with van der Waals surface area (Å²) in [6, 6.07) is 3.95. The van der Waals surface area contributed by atoms with E-state index in [9.17, 15) is 5.11 Å². The lowest BCUT2D eigenvalue weighted by Gasteiger charge is -2.30. The summed E-state index contributed by atoms with van der Waals surface area (Å²) in [5, 5.41) is 10.3. The van der Waals surface area contributed by atoms with Crippen LogP contribution in [0.2, 0.25) is 0 Å². The van der Waals surface area contributed by atoms with Gasteiger partial charge in [-0.1, -0.05) is 13.0 Å². The Morgan fingerprint density at radius 2 is 2.00 bits per heavy atom. The second-order valence-corrected chi connectivity index (χ2v) is 4.35. The molecule has 96 valence electrons. The van der Waals surface area contributed by atoms with Gasteiger partial charge in [-0.05, 0) is 25.0 Å². The van der Waals surface area contributed by atoms with Crippen LogP contribution in [0.15, 0.2) is 18.3 Å². The molecule has 1 N–H and O–H groups in total. The lowest BCUT2D eigenvalue weighted by molar-refractivity contribution is -0.207. The van der Waals surface area contributed by atoms with Crippen molar-refractivity contribution < 1.29 is 14.6 Å². The molecule has 17 heavy (non-hydrogen) atoms. The van der Waals surface area contributed by atoms with E-state index in [-0.39, 0.29) is 0 Å². The summed E-state index contributed by atoms with van der Waals surface area (Å²) in [6.07, 6.45) is 2.53. The highest BCUT2D eigenvalue weighted by molar-refractivity contribution is 5.15. The van der Waals surface area contributed by atoms with E-state index in [0.717, 1.165) is 12.1 Å². The second-order valence-electron chi connectivity index (χ2n) is 4.35. The summed E-state index contributed by atoms with van der Waals surface area (Å²) >= 11 is 0. The zero-order valence-electron chi connectivity index (χ0n) is 10.9. The fourth-order valence-corrected chi connectivity index (χ4v) is 1.82. The Morgan fingerprint density at radius 3 is 2.41 bits per heavy atom. The van der Waals surface area contributed by atoms with Crippen molar-refractivity contribution in [3.8, 4) is 0 Å². The van der Waals surface area contributed by atoms with Crippen LogP contribution in [0.25, 0.3) is 0 Å². The SMILES string of the molecule is CCc1ccc(CC(C)(O)C(OC)OC)nc1. The molecule has 0 saturated carbocycles. The molecule has 1 aromatic heterocycles. The lowest BCUT2D eigenvalue weighted by Crippen LogP contribution is -2.44. The van der Waals surface area contributed by atoms with E-state index in [1.807, 2.05) is 18.3 Å². The quantitative estimate of drug-likeness (QED) is 0.765. The van der Waals surface area contributed by atoms with Gasteiger partial charge in [0.2, 0.25) is 0 Å². The Kier molecular flexibility index (Phi) is 5.05. The Morgan fingerprint density at radius 1 is 1.35 bits per heavy atom. The molecule has 0 fully saturated rings. The van der Waals surface area contributed by atoms with Crippen molar-refractivity contribution in [3.63, 3.8) is 0 Å².